The molecule has 0 aliphatic carbocycles. The number of carbonyl (C=O) groups is 1. The largest absolute Gasteiger partial charge is 0.508 e. The second-order valence-corrected chi connectivity index (χ2v) is 6.10. The van der Waals surface area contributed by atoms with Crippen LogP contribution in [-0.2, 0) is 6.54 Å². The molecule has 0 fully saturated rings. The number of hydrogen-bond donors (Lipinski definition) is 1. The molecule has 1 N–H and O–H groups in total. The van der Waals surface area contributed by atoms with Gasteiger partial charge < -0.3 is 10.0 Å². The molecule has 0 amide bonds. The lowest BCUT2D eigenvalue weighted by Gasteiger charge is -2.17. The van der Waals surface area contributed by atoms with E-state index in [1.165, 1.54) is 16.3 Å². The number of fused-ring (bicyclic) bond motifs is 1. The van der Waals surface area contributed by atoms with Gasteiger partial charge in [0, 0.05) is 25.1 Å². The fraction of sp³-hybridized carbons (Fsp3) is 0.190. The molecule has 3 aromatic carbocycles. The minimum atomic E-state index is 0.0970. The van der Waals surface area contributed by atoms with Crippen molar-refractivity contribution in [2.45, 2.75) is 13.0 Å². The first kappa shape index (κ1) is 16.2. The van der Waals surface area contributed by atoms with E-state index in [1.807, 2.05) is 13.1 Å². The van der Waals surface area contributed by atoms with Crippen LogP contribution in [0.15, 0.2) is 66.7 Å². The summed E-state index contributed by atoms with van der Waals surface area (Å²) >= 11 is 0. The standard InChI is InChI=1S/C21H21NO2/c1-22(14-13-21(24)17-9-11-19(23)12-10-17)15-18-7-4-6-16-5-2-3-8-20(16)18/h2-12,23H,13-15H2,1H3. The lowest BCUT2D eigenvalue weighted by atomic mass is 10.0. The Kier molecular flexibility index (Phi) is 4.92. The molecular formula is C21H21NO2. The maximum atomic E-state index is 12.2. The number of phenols is 1. The first-order chi connectivity index (χ1) is 11.6. The van der Waals surface area contributed by atoms with Gasteiger partial charge in [-0.15, -0.1) is 0 Å². The summed E-state index contributed by atoms with van der Waals surface area (Å²) < 4.78 is 0. The summed E-state index contributed by atoms with van der Waals surface area (Å²) in [4.78, 5) is 14.4. The molecule has 0 heterocycles. The van der Waals surface area contributed by atoms with E-state index in [4.69, 9.17) is 0 Å². The van der Waals surface area contributed by atoms with E-state index in [2.05, 4.69) is 41.3 Å². The van der Waals surface area contributed by atoms with Crippen molar-refractivity contribution >= 4 is 16.6 Å². The second kappa shape index (κ2) is 7.28. The zero-order chi connectivity index (χ0) is 16.9. The minimum absolute atomic E-state index is 0.0970. The zero-order valence-electron chi connectivity index (χ0n) is 13.8. The van der Waals surface area contributed by atoms with Crippen molar-refractivity contribution in [3.63, 3.8) is 0 Å². The van der Waals surface area contributed by atoms with Crippen molar-refractivity contribution < 1.29 is 9.90 Å². The third-order valence-electron chi connectivity index (χ3n) is 4.23. The van der Waals surface area contributed by atoms with Gasteiger partial charge in [0.2, 0.25) is 0 Å². The number of benzene rings is 3. The SMILES string of the molecule is CN(CCC(=O)c1ccc(O)cc1)Cc1cccc2ccccc12. The number of nitrogens with zero attached hydrogens (tertiary/aromatic N) is 1. The van der Waals surface area contributed by atoms with Crippen molar-refractivity contribution in [1.29, 1.82) is 0 Å². The minimum Gasteiger partial charge on any atom is -0.508 e. The molecule has 24 heavy (non-hydrogen) atoms. The van der Waals surface area contributed by atoms with Crippen LogP contribution in [0, 0.1) is 0 Å². The lowest BCUT2D eigenvalue weighted by Crippen LogP contribution is -2.21. The summed E-state index contributed by atoms with van der Waals surface area (Å²) in [6.07, 6.45) is 0.464. The van der Waals surface area contributed by atoms with Crippen molar-refractivity contribution in [3.8, 4) is 5.75 Å². The number of aromatic hydroxyl groups is 1. The summed E-state index contributed by atoms with van der Waals surface area (Å²) in [5.74, 6) is 0.277. The molecule has 3 heteroatoms. The average Bonchev–Trinajstić information content (AvgIpc) is 2.61. The van der Waals surface area contributed by atoms with Crippen molar-refractivity contribution in [3.05, 3.63) is 77.9 Å². The summed E-state index contributed by atoms with van der Waals surface area (Å²) in [5.41, 5.74) is 1.92. The fourth-order valence-corrected chi connectivity index (χ4v) is 2.88. The highest BCUT2D eigenvalue weighted by Gasteiger charge is 2.09. The predicted octanol–water partition coefficient (Wildman–Crippen LogP) is 4.25. The summed E-state index contributed by atoms with van der Waals surface area (Å²) in [6.45, 7) is 1.51. The van der Waals surface area contributed by atoms with Crippen LogP contribution >= 0.6 is 0 Å². The molecular weight excluding hydrogens is 298 g/mol. The lowest BCUT2D eigenvalue weighted by molar-refractivity contribution is 0.0968. The molecule has 3 aromatic rings. The van der Waals surface area contributed by atoms with Gasteiger partial charge in [-0.25, -0.2) is 0 Å². The Morgan fingerprint density at radius 1 is 0.958 bits per heavy atom. The van der Waals surface area contributed by atoms with Gasteiger partial charge in [0.15, 0.2) is 5.78 Å². The van der Waals surface area contributed by atoms with E-state index >= 15 is 0 Å². The number of hydrogen-bond acceptors (Lipinski definition) is 3. The number of Topliss-reactive ketones (excluding diaryl/α,β-unsaturated/α-hetero) is 1. The van der Waals surface area contributed by atoms with Crippen LogP contribution in [0.25, 0.3) is 10.8 Å². The molecule has 0 aromatic heterocycles. The summed E-state index contributed by atoms with van der Waals surface area (Å²) in [5, 5.41) is 11.8. The van der Waals surface area contributed by atoms with Gasteiger partial charge in [0.1, 0.15) is 5.75 Å². The van der Waals surface area contributed by atoms with Crippen LogP contribution in [0.3, 0.4) is 0 Å². The number of phenolic OH excluding ortho intramolecular Hbond substituents is 1. The third kappa shape index (κ3) is 3.81. The van der Waals surface area contributed by atoms with E-state index in [-0.39, 0.29) is 11.5 Å². The third-order valence-corrected chi connectivity index (χ3v) is 4.23. The molecule has 3 nitrogen and oxygen atoms in total. The molecule has 0 unspecified atom stereocenters. The van der Waals surface area contributed by atoms with Gasteiger partial charge in [-0.3, -0.25) is 4.79 Å². The Bertz CT molecular complexity index is 835. The zero-order valence-corrected chi connectivity index (χ0v) is 13.8. The molecule has 0 aliphatic rings. The van der Waals surface area contributed by atoms with Gasteiger partial charge in [-0.05, 0) is 47.6 Å². The molecule has 122 valence electrons. The Labute approximate surface area is 142 Å². The number of rotatable bonds is 6. The van der Waals surface area contributed by atoms with Crippen LogP contribution in [0.1, 0.15) is 22.3 Å². The van der Waals surface area contributed by atoms with Crippen LogP contribution in [0.5, 0.6) is 5.75 Å². The van der Waals surface area contributed by atoms with Crippen molar-refractivity contribution in [2.24, 2.45) is 0 Å². The monoisotopic (exact) mass is 319 g/mol. The molecule has 0 spiro atoms. The van der Waals surface area contributed by atoms with Crippen LogP contribution in [0.2, 0.25) is 0 Å². The Balaban J connectivity index is 1.62. The van der Waals surface area contributed by atoms with Crippen LogP contribution in [0.4, 0.5) is 0 Å². The molecule has 0 radical (unpaired) electrons. The molecule has 0 atom stereocenters. The molecule has 0 saturated carbocycles. The maximum Gasteiger partial charge on any atom is 0.164 e. The Morgan fingerprint density at radius 3 is 2.46 bits per heavy atom. The van der Waals surface area contributed by atoms with Crippen LogP contribution < -0.4 is 0 Å². The molecule has 0 bridgehead atoms. The number of ketones is 1. The normalized spacial score (nSPS) is 11.1. The van der Waals surface area contributed by atoms with Gasteiger partial charge in [0.25, 0.3) is 0 Å². The van der Waals surface area contributed by atoms with E-state index in [0.717, 1.165) is 6.54 Å². The van der Waals surface area contributed by atoms with E-state index in [1.54, 1.807) is 24.3 Å². The van der Waals surface area contributed by atoms with Gasteiger partial charge in [0.05, 0.1) is 0 Å². The highest BCUT2D eigenvalue weighted by Crippen LogP contribution is 2.20. The second-order valence-electron chi connectivity index (χ2n) is 6.10. The molecule has 3 rings (SSSR count). The van der Waals surface area contributed by atoms with Gasteiger partial charge in [-0.2, -0.15) is 0 Å². The molecule has 0 saturated heterocycles. The highest BCUT2D eigenvalue weighted by atomic mass is 16.3. The van der Waals surface area contributed by atoms with E-state index in [0.29, 0.717) is 18.5 Å². The van der Waals surface area contributed by atoms with Crippen LogP contribution in [-0.4, -0.2) is 29.4 Å². The Hall–Kier alpha value is -2.65. The van der Waals surface area contributed by atoms with Gasteiger partial charge >= 0.3 is 0 Å². The number of carbonyl (C=O) groups excluding carboxylic acids is 1. The van der Waals surface area contributed by atoms with E-state index in [9.17, 15) is 9.90 Å². The van der Waals surface area contributed by atoms with Crippen molar-refractivity contribution in [1.82, 2.24) is 4.90 Å². The van der Waals surface area contributed by atoms with E-state index < -0.39 is 0 Å². The van der Waals surface area contributed by atoms with Crippen molar-refractivity contribution in [2.75, 3.05) is 13.6 Å². The predicted molar refractivity (Wildman–Crippen MR) is 97.3 cm³/mol. The summed E-state index contributed by atoms with van der Waals surface area (Å²) in [7, 11) is 2.03. The first-order valence-electron chi connectivity index (χ1n) is 8.11. The molecule has 0 aliphatic heterocycles. The Morgan fingerprint density at radius 2 is 1.67 bits per heavy atom. The fourth-order valence-electron chi connectivity index (χ4n) is 2.88. The maximum absolute atomic E-state index is 12.2. The highest BCUT2D eigenvalue weighted by molar-refractivity contribution is 5.96. The first-order valence-corrected chi connectivity index (χ1v) is 8.11. The average molecular weight is 319 g/mol. The van der Waals surface area contributed by atoms with Gasteiger partial charge in [-0.1, -0.05) is 42.5 Å². The topological polar surface area (TPSA) is 40.5 Å². The quantitative estimate of drug-likeness (QED) is 0.691. The smallest absolute Gasteiger partial charge is 0.164 e. The summed E-state index contributed by atoms with van der Waals surface area (Å²) in [6, 6.07) is 21.1.